The lowest BCUT2D eigenvalue weighted by atomic mass is 10.0. The van der Waals surface area contributed by atoms with Crippen molar-refractivity contribution in [1.29, 1.82) is 5.26 Å². The second kappa shape index (κ2) is 8.11. The first kappa shape index (κ1) is 18.2. The summed E-state index contributed by atoms with van der Waals surface area (Å²) in [6.45, 7) is 5.99. The maximum Gasteiger partial charge on any atom is 0.239 e. The average molecular weight is 338 g/mol. The van der Waals surface area contributed by atoms with E-state index in [4.69, 9.17) is 5.73 Å². The van der Waals surface area contributed by atoms with Crippen LogP contribution >= 0.6 is 0 Å². The van der Waals surface area contributed by atoms with Crippen LogP contribution in [0.5, 0.6) is 0 Å². The van der Waals surface area contributed by atoms with Crippen LogP contribution in [0.4, 0.5) is 17.3 Å². The smallest absolute Gasteiger partial charge is 0.239 e. The maximum atomic E-state index is 11.6. The SMILES string of the molecule is Cc1cccc(Nc2nc(NC(CC(C)C)C(N)=O)cnc2C#N)c1. The summed E-state index contributed by atoms with van der Waals surface area (Å²) < 4.78 is 0. The van der Waals surface area contributed by atoms with E-state index < -0.39 is 11.9 Å². The topological polar surface area (TPSA) is 117 Å². The van der Waals surface area contributed by atoms with Crippen LogP contribution in [0.25, 0.3) is 0 Å². The fourth-order valence-electron chi connectivity index (χ4n) is 2.38. The summed E-state index contributed by atoms with van der Waals surface area (Å²) in [5.41, 5.74) is 7.50. The van der Waals surface area contributed by atoms with Gasteiger partial charge in [0.15, 0.2) is 11.5 Å². The molecule has 0 aliphatic heterocycles. The second-order valence-corrected chi connectivity index (χ2v) is 6.29. The number of nitrogens with two attached hydrogens (primary N) is 1. The van der Waals surface area contributed by atoms with E-state index in [0.29, 0.717) is 24.0 Å². The number of hydrogen-bond acceptors (Lipinski definition) is 6. The van der Waals surface area contributed by atoms with Gasteiger partial charge in [0.05, 0.1) is 6.20 Å². The zero-order chi connectivity index (χ0) is 18.4. The van der Waals surface area contributed by atoms with Gasteiger partial charge in [0.1, 0.15) is 17.9 Å². The Balaban J connectivity index is 2.27. The predicted molar refractivity (Wildman–Crippen MR) is 97.3 cm³/mol. The van der Waals surface area contributed by atoms with Gasteiger partial charge < -0.3 is 16.4 Å². The van der Waals surface area contributed by atoms with Gasteiger partial charge in [-0.15, -0.1) is 0 Å². The Morgan fingerprint density at radius 1 is 1.40 bits per heavy atom. The van der Waals surface area contributed by atoms with Gasteiger partial charge in [-0.3, -0.25) is 4.79 Å². The van der Waals surface area contributed by atoms with E-state index in [0.717, 1.165) is 11.3 Å². The van der Waals surface area contributed by atoms with Crippen molar-refractivity contribution >= 4 is 23.2 Å². The summed E-state index contributed by atoms with van der Waals surface area (Å²) in [6.07, 6.45) is 2.01. The normalized spacial score (nSPS) is 11.6. The molecule has 0 aliphatic rings. The minimum atomic E-state index is -0.547. The van der Waals surface area contributed by atoms with Crippen molar-refractivity contribution in [3.05, 3.63) is 41.7 Å². The molecule has 0 saturated heterocycles. The lowest BCUT2D eigenvalue weighted by molar-refractivity contribution is -0.119. The molecule has 130 valence electrons. The average Bonchev–Trinajstić information content (AvgIpc) is 2.54. The van der Waals surface area contributed by atoms with Crippen LogP contribution in [-0.2, 0) is 4.79 Å². The van der Waals surface area contributed by atoms with E-state index >= 15 is 0 Å². The highest BCUT2D eigenvalue weighted by Gasteiger charge is 2.18. The Hall–Kier alpha value is -3.14. The number of nitrogens with zero attached hydrogens (tertiary/aromatic N) is 3. The molecule has 0 fully saturated rings. The largest absolute Gasteiger partial charge is 0.368 e. The Bertz CT molecular complexity index is 796. The van der Waals surface area contributed by atoms with Crippen LogP contribution in [0.3, 0.4) is 0 Å². The fraction of sp³-hybridized carbons (Fsp3) is 0.333. The molecule has 0 bridgehead atoms. The van der Waals surface area contributed by atoms with Gasteiger partial charge in [-0.2, -0.15) is 5.26 Å². The number of nitriles is 1. The molecule has 1 unspecified atom stereocenters. The number of benzene rings is 1. The number of rotatable bonds is 7. The van der Waals surface area contributed by atoms with Crippen LogP contribution < -0.4 is 16.4 Å². The van der Waals surface area contributed by atoms with Crippen LogP contribution in [0, 0.1) is 24.2 Å². The van der Waals surface area contributed by atoms with Gasteiger partial charge in [0.2, 0.25) is 5.91 Å². The molecule has 0 saturated carbocycles. The van der Waals surface area contributed by atoms with E-state index in [1.165, 1.54) is 6.20 Å². The zero-order valence-electron chi connectivity index (χ0n) is 14.6. The molecule has 25 heavy (non-hydrogen) atoms. The van der Waals surface area contributed by atoms with E-state index in [9.17, 15) is 10.1 Å². The summed E-state index contributed by atoms with van der Waals surface area (Å²) in [6, 6.07) is 9.16. The van der Waals surface area contributed by atoms with Crippen molar-refractivity contribution in [2.45, 2.75) is 33.2 Å². The minimum absolute atomic E-state index is 0.173. The van der Waals surface area contributed by atoms with Crippen molar-refractivity contribution in [3.63, 3.8) is 0 Å². The number of carbonyl (C=O) groups excluding carboxylic acids is 1. The molecule has 1 aromatic carbocycles. The first-order chi connectivity index (χ1) is 11.9. The number of hydrogen-bond donors (Lipinski definition) is 3. The summed E-state index contributed by atoms with van der Waals surface area (Å²) in [5, 5.41) is 15.3. The molecule has 0 spiro atoms. The van der Waals surface area contributed by atoms with E-state index in [2.05, 4.69) is 20.6 Å². The highest BCUT2D eigenvalue weighted by molar-refractivity contribution is 5.82. The van der Waals surface area contributed by atoms with Crippen LogP contribution in [0.1, 0.15) is 31.5 Å². The summed E-state index contributed by atoms with van der Waals surface area (Å²) in [4.78, 5) is 20.1. The first-order valence-electron chi connectivity index (χ1n) is 8.05. The summed E-state index contributed by atoms with van der Waals surface area (Å²) in [7, 11) is 0. The molecular formula is C18H22N6O. The molecule has 1 heterocycles. The fourth-order valence-corrected chi connectivity index (χ4v) is 2.38. The predicted octanol–water partition coefficient (Wildman–Crippen LogP) is 2.71. The highest BCUT2D eigenvalue weighted by atomic mass is 16.1. The molecule has 0 radical (unpaired) electrons. The lowest BCUT2D eigenvalue weighted by Gasteiger charge is -2.18. The van der Waals surface area contributed by atoms with Crippen molar-refractivity contribution < 1.29 is 4.79 Å². The Kier molecular flexibility index (Phi) is 5.90. The third kappa shape index (κ3) is 5.18. The first-order valence-corrected chi connectivity index (χ1v) is 8.05. The third-order valence-electron chi connectivity index (χ3n) is 3.53. The van der Waals surface area contributed by atoms with E-state index in [1.54, 1.807) is 0 Å². The molecule has 7 nitrogen and oxygen atoms in total. The zero-order valence-corrected chi connectivity index (χ0v) is 14.6. The van der Waals surface area contributed by atoms with Crippen molar-refractivity contribution in [1.82, 2.24) is 9.97 Å². The number of carbonyl (C=O) groups is 1. The van der Waals surface area contributed by atoms with Crippen LogP contribution in [0.15, 0.2) is 30.5 Å². The quantitative estimate of drug-likeness (QED) is 0.714. The molecule has 0 aliphatic carbocycles. The van der Waals surface area contributed by atoms with Gasteiger partial charge in [-0.25, -0.2) is 9.97 Å². The molecule has 1 aromatic heterocycles. The number of aromatic nitrogens is 2. The standard InChI is InChI=1S/C18H22N6O/c1-11(2)7-14(17(20)25)23-16-10-21-15(9-19)18(24-16)22-13-6-4-5-12(3)8-13/h4-6,8,10-11,14H,7H2,1-3H3,(H2,20,25)(H2,22,23,24). The number of aryl methyl sites for hydroxylation is 1. The van der Waals surface area contributed by atoms with Crippen molar-refractivity contribution in [2.75, 3.05) is 10.6 Å². The van der Waals surface area contributed by atoms with Crippen molar-refractivity contribution in [3.8, 4) is 6.07 Å². The van der Waals surface area contributed by atoms with Gasteiger partial charge in [0.25, 0.3) is 0 Å². The molecule has 2 rings (SSSR count). The maximum absolute atomic E-state index is 11.6. The second-order valence-electron chi connectivity index (χ2n) is 6.29. The summed E-state index contributed by atoms with van der Waals surface area (Å²) >= 11 is 0. The van der Waals surface area contributed by atoms with Gasteiger partial charge in [-0.1, -0.05) is 26.0 Å². The number of nitrogens with one attached hydrogen (secondary N) is 2. The van der Waals surface area contributed by atoms with Crippen LogP contribution in [0.2, 0.25) is 0 Å². The number of amides is 1. The molecule has 4 N–H and O–H groups in total. The minimum Gasteiger partial charge on any atom is -0.368 e. The van der Waals surface area contributed by atoms with Gasteiger partial charge in [-0.05, 0) is 37.0 Å². The Morgan fingerprint density at radius 2 is 2.16 bits per heavy atom. The summed E-state index contributed by atoms with van der Waals surface area (Å²) in [5.74, 6) is 0.554. The lowest BCUT2D eigenvalue weighted by Crippen LogP contribution is -2.36. The number of anilines is 3. The van der Waals surface area contributed by atoms with Crippen LogP contribution in [-0.4, -0.2) is 21.9 Å². The van der Waals surface area contributed by atoms with Gasteiger partial charge >= 0.3 is 0 Å². The van der Waals surface area contributed by atoms with E-state index in [1.807, 2.05) is 51.1 Å². The molecule has 1 amide bonds. The third-order valence-corrected chi connectivity index (χ3v) is 3.53. The van der Waals surface area contributed by atoms with Gasteiger partial charge in [0, 0.05) is 5.69 Å². The molecule has 1 atom stereocenters. The molecule has 2 aromatic rings. The number of primary amides is 1. The van der Waals surface area contributed by atoms with E-state index in [-0.39, 0.29) is 5.69 Å². The van der Waals surface area contributed by atoms with Crippen molar-refractivity contribution in [2.24, 2.45) is 11.7 Å². The molecule has 7 heteroatoms. The Morgan fingerprint density at radius 3 is 2.76 bits per heavy atom. The highest BCUT2D eigenvalue weighted by Crippen LogP contribution is 2.20. The Labute approximate surface area is 147 Å². The monoisotopic (exact) mass is 338 g/mol. The molecular weight excluding hydrogens is 316 g/mol.